The van der Waals surface area contributed by atoms with Gasteiger partial charge in [0.05, 0.1) is 28.4 Å². The molecular weight excluding hydrogens is 580 g/mol. The summed E-state index contributed by atoms with van der Waals surface area (Å²) in [5, 5.41) is -0.356. The first-order valence-corrected chi connectivity index (χ1v) is 10.4. The zero-order valence-electron chi connectivity index (χ0n) is 13.8. The van der Waals surface area contributed by atoms with E-state index in [-0.39, 0.29) is 11.1 Å². The Morgan fingerprint density at radius 2 is 1.81 bits per heavy atom. The normalized spacial score (nSPS) is 15.7. The fourth-order valence-electron chi connectivity index (χ4n) is 2.53. The van der Waals surface area contributed by atoms with Gasteiger partial charge in [0, 0.05) is 9.13 Å². The summed E-state index contributed by atoms with van der Waals surface area (Å²) in [4.78, 5) is 26.8. The summed E-state index contributed by atoms with van der Waals surface area (Å²) in [6.45, 7) is 0. The lowest BCUT2D eigenvalue weighted by molar-refractivity contribution is -0.113. The molecule has 0 atom stereocenters. The summed E-state index contributed by atoms with van der Waals surface area (Å²) in [6, 6.07) is 10.8. The third kappa shape index (κ3) is 3.72. The summed E-state index contributed by atoms with van der Waals surface area (Å²) >= 11 is 5.30. The molecule has 5 nitrogen and oxygen atoms in total. The molecule has 0 radical (unpaired) electrons. The van der Waals surface area contributed by atoms with Crippen LogP contribution in [0, 0.1) is 7.14 Å². The number of imide groups is 1. The maximum atomic E-state index is 12.9. The SMILES string of the molecule is COc1ccccc1N1C(=O)S/C(=C\c2cc(I)cc(I)c2OC)C1=O. The Morgan fingerprint density at radius 3 is 2.50 bits per heavy atom. The van der Waals surface area contributed by atoms with Gasteiger partial charge in [0.1, 0.15) is 11.5 Å². The van der Waals surface area contributed by atoms with Crippen molar-refractivity contribution >= 4 is 79.9 Å². The molecule has 2 aromatic rings. The van der Waals surface area contributed by atoms with Crippen LogP contribution in [0.3, 0.4) is 0 Å². The lowest BCUT2D eigenvalue weighted by Crippen LogP contribution is -2.28. The number of amides is 2. The second-order valence-electron chi connectivity index (χ2n) is 5.20. The standard InChI is InChI=1S/C18H13I2NO4S/c1-24-14-6-4-3-5-13(14)21-17(22)15(26-18(21)23)8-10-7-11(19)9-12(20)16(10)25-2/h3-9H,1-2H3/b15-8-. The van der Waals surface area contributed by atoms with Gasteiger partial charge in [-0.05, 0) is 87.3 Å². The summed E-state index contributed by atoms with van der Waals surface area (Å²) in [5.74, 6) is 0.771. The maximum Gasteiger partial charge on any atom is 0.298 e. The minimum atomic E-state index is -0.375. The number of methoxy groups -OCH3 is 2. The van der Waals surface area contributed by atoms with Gasteiger partial charge in [-0.25, -0.2) is 4.90 Å². The zero-order chi connectivity index (χ0) is 18.8. The predicted molar refractivity (Wildman–Crippen MR) is 120 cm³/mol. The number of rotatable bonds is 4. The Bertz CT molecular complexity index is 929. The van der Waals surface area contributed by atoms with Crippen LogP contribution in [-0.2, 0) is 4.79 Å². The van der Waals surface area contributed by atoms with Crippen LogP contribution in [0.2, 0.25) is 0 Å². The number of carbonyl (C=O) groups is 2. The average Bonchev–Trinajstić information content (AvgIpc) is 2.88. The van der Waals surface area contributed by atoms with E-state index in [4.69, 9.17) is 9.47 Å². The summed E-state index contributed by atoms with van der Waals surface area (Å²) in [6.07, 6.45) is 1.70. The molecule has 1 saturated heterocycles. The number of benzene rings is 2. The molecule has 26 heavy (non-hydrogen) atoms. The van der Waals surface area contributed by atoms with Crippen molar-refractivity contribution in [1.29, 1.82) is 0 Å². The van der Waals surface area contributed by atoms with E-state index in [1.807, 2.05) is 12.1 Å². The lowest BCUT2D eigenvalue weighted by atomic mass is 10.2. The molecular formula is C18H13I2NO4S. The van der Waals surface area contributed by atoms with Crippen molar-refractivity contribution in [2.45, 2.75) is 0 Å². The first-order chi connectivity index (χ1) is 12.5. The third-order valence-corrected chi connectivity index (χ3v) is 5.94. The molecule has 8 heteroatoms. The van der Waals surface area contributed by atoms with Gasteiger partial charge < -0.3 is 9.47 Å². The molecule has 1 aliphatic rings. The smallest absolute Gasteiger partial charge is 0.298 e. The highest BCUT2D eigenvalue weighted by molar-refractivity contribution is 14.1. The largest absolute Gasteiger partial charge is 0.495 e. The molecule has 1 fully saturated rings. The second-order valence-corrected chi connectivity index (χ2v) is 8.60. The van der Waals surface area contributed by atoms with Crippen LogP contribution in [0.15, 0.2) is 41.3 Å². The minimum absolute atomic E-state index is 0.344. The quantitative estimate of drug-likeness (QED) is 0.363. The Morgan fingerprint density at radius 1 is 1.08 bits per heavy atom. The van der Waals surface area contributed by atoms with Gasteiger partial charge in [-0.3, -0.25) is 9.59 Å². The lowest BCUT2D eigenvalue weighted by Gasteiger charge is -2.15. The minimum Gasteiger partial charge on any atom is -0.495 e. The molecule has 2 aromatic carbocycles. The van der Waals surface area contributed by atoms with E-state index >= 15 is 0 Å². The molecule has 3 rings (SSSR count). The van der Waals surface area contributed by atoms with Gasteiger partial charge >= 0.3 is 0 Å². The molecule has 0 spiro atoms. The number of halogens is 2. The fraction of sp³-hybridized carbons (Fsp3) is 0.111. The van der Waals surface area contributed by atoms with E-state index in [0.29, 0.717) is 22.1 Å². The van der Waals surface area contributed by atoms with Gasteiger partial charge in [0.2, 0.25) is 0 Å². The number of hydrogen-bond acceptors (Lipinski definition) is 5. The molecule has 0 N–H and O–H groups in total. The molecule has 1 heterocycles. The Kier molecular flexibility index (Phi) is 6.13. The first-order valence-electron chi connectivity index (χ1n) is 7.40. The monoisotopic (exact) mass is 593 g/mol. The highest BCUT2D eigenvalue weighted by Crippen LogP contribution is 2.40. The van der Waals surface area contributed by atoms with Crippen molar-refractivity contribution in [2.24, 2.45) is 0 Å². The van der Waals surface area contributed by atoms with E-state index in [1.54, 1.807) is 37.5 Å². The van der Waals surface area contributed by atoms with Crippen molar-refractivity contribution in [2.75, 3.05) is 19.1 Å². The van der Waals surface area contributed by atoms with Gasteiger partial charge in [-0.2, -0.15) is 0 Å². The number of carbonyl (C=O) groups excluding carboxylic acids is 2. The van der Waals surface area contributed by atoms with Crippen molar-refractivity contribution in [3.63, 3.8) is 0 Å². The number of thioether (sulfide) groups is 1. The van der Waals surface area contributed by atoms with Crippen LogP contribution in [0.25, 0.3) is 6.08 Å². The predicted octanol–water partition coefficient (Wildman–Crippen LogP) is 5.15. The maximum absolute atomic E-state index is 12.9. The summed E-state index contributed by atoms with van der Waals surface area (Å²) in [5.41, 5.74) is 1.19. The van der Waals surface area contributed by atoms with Crippen molar-refractivity contribution in [3.05, 3.63) is 54.0 Å². The number of ether oxygens (including phenoxy) is 2. The van der Waals surface area contributed by atoms with Crippen LogP contribution < -0.4 is 14.4 Å². The van der Waals surface area contributed by atoms with E-state index in [1.165, 1.54) is 7.11 Å². The van der Waals surface area contributed by atoms with E-state index in [2.05, 4.69) is 45.2 Å². The van der Waals surface area contributed by atoms with Crippen LogP contribution >= 0.6 is 56.9 Å². The molecule has 0 unspecified atom stereocenters. The Labute approximate surface area is 182 Å². The van der Waals surface area contributed by atoms with Crippen molar-refractivity contribution in [1.82, 2.24) is 0 Å². The Hall–Kier alpha value is -1.27. The molecule has 0 aromatic heterocycles. The van der Waals surface area contributed by atoms with Crippen molar-refractivity contribution < 1.29 is 19.1 Å². The number of para-hydroxylation sites is 2. The molecule has 1 aliphatic heterocycles. The molecule has 134 valence electrons. The highest BCUT2D eigenvalue weighted by Gasteiger charge is 2.37. The molecule has 0 saturated carbocycles. The summed E-state index contributed by atoms with van der Waals surface area (Å²) < 4.78 is 12.7. The van der Waals surface area contributed by atoms with Crippen molar-refractivity contribution in [3.8, 4) is 11.5 Å². The summed E-state index contributed by atoms with van der Waals surface area (Å²) in [7, 11) is 3.09. The molecule has 0 bridgehead atoms. The van der Waals surface area contributed by atoms with E-state index in [9.17, 15) is 9.59 Å². The van der Waals surface area contributed by atoms with Crippen LogP contribution in [0.5, 0.6) is 11.5 Å². The second kappa shape index (κ2) is 8.17. The third-order valence-electron chi connectivity index (χ3n) is 3.65. The number of hydrogen-bond donors (Lipinski definition) is 0. The number of nitrogens with zero attached hydrogens (tertiary/aromatic N) is 1. The topological polar surface area (TPSA) is 55.8 Å². The van der Waals surface area contributed by atoms with Gasteiger partial charge in [0.15, 0.2) is 0 Å². The highest BCUT2D eigenvalue weighted by atomic mass is 127. The number of anilines is 1. The van der Waals surface area contributed by atoms with Gasteiger partial charge in [0.25, 0.3) is 11.1 Å². The van der Waals surface area contributed by atoms with Crippen LogP contribution in [-0.4, -0.2) is 25.4 Å². The average molecular weight is 593 g/mol. The van der Waals surface area contributed by atoms with Gasteiger partial charge in [-0.15, -0.1) is 0 Å². The molecule has 0 aliphatic carbocycles. The van der Waals surface area contributed by atoms with E-state index in [0.717, 1.165) is 29.4 Å². The van der Waals surface area contributed by atoms with E-state index < -0.39 is 0 Å². The zero-order valence-corrected chi connectivity index (χ0v) is 18.9. The van der Waals surface area contributed by atoms with Gasteiger partial charge in [-0.1, -0.05) is 12.1 Å². The Balaban J connectivity index is 2.04. The van der Waals surface area contributed by atoms with Crippen LogP contribution in [0.1, 0.15) is 5.56 Å². The van der Waals surface area contributed by atoms with Crippen LogP contribution in [0.4, 0.5) is 10.5 Å². The fourth-order valence-corrected chi connectivity index (χ4v) is 5.47. The first kappa shape index (κ1) is 19.5. The molecule has 2 amide bonds.